The van der Waals surface area contributed by atoms with E-state index in [1.165, 1.54) is 24.8 Å². The molecule has 3 aliphatic rings. The average Bonchev–Trinajstić information content (AvgIpc) is 3.22. The minimum absolute atomic E-state index is 0. The van der Waals surface area contributed by atoms with Crippen LogP contribution in [-0.2, 0) is 16.1 Å². The van der Waals surface area contributed by atoms with Crippen molar-refractivity contribution in [3.05, 3.63) is 47.3 Å². The lowest BCUT2D eigenvalue weighted by molar-refractivity contribution is -0.160. The van der Waals surface area contributed by atoms with Crippen LogP contribution in [0.25, 0.3) is 5.69 Å². The van der Waals surface area contributed by atoms with Gasteiger partial charge in [-0.2, -0.15) is 5.10 Å². The molecule has 1 N–H and O–H groups in total. The molecule has 2 aromatic rings. The molecule has 9 heteroatoms. The van der Waals surface area contributed by atoms with Crippen molar-refractivity contribution in [2.45, 2.75) is 90.3 Å². The van der Waals surface area contributed by atoms with E-state index in [1.807, 2.05) is 27.8 Å². The van der Waals surface area contributed by atoms with Crippen molar-refractivity contribution in [2.24, 2.45) is 5.92 Å². The second-order valence-corrected chi connectivity index (χ2v) is 11.3. The Morgan fingerprint density at radius 2 is 1.70 bits per heavy atom. The van der Waals surface area contributed by atoms with Gasteiger partial charge in [0.1, 0.15) is 11.6 Å². The summed E-state index contributed by atoms with van der Waals surface area (Å²) in [7, 11) is 0. The third-order valence-corrected chi connectivity index (χ3v) is 9.02. The number of aryl methyl sites for hydroxylation is 1. The molecular weight excluding hydrogens is 545 g/mol. The predicted molar refractivity (Wildman–Crippen MR) is 163 cm³/mol. The maximum atomic E-state index is 13.7. The van der Waals surface area contributed by atoms with Crippen molar-refractivity contribution in [3.8, 4) is 17.5 Å². The number of carbonyl (C=O) groups is 2. The Bertz CT molecular complexity index is 1220. The van der Waals surface area contributed by atoms with Crippen LogP contribution in [0.5, 0.6) is 0 Å². The molecule has 1 aromatic carbocycles. The molecule has 2 aliphatic heterocycles. The molecule has 5 rings (SSSR count). The highest BCUT2D eigenvalue weighted by Crippen LogP contribution is 2.36. The summed E-state index contributed by atoms with van der Waals surface area (Å²) in [5, 5.41) is 7.99. The number of rotatable bonds is 6. The van der Waals surface area contributed by atoms with Gasteiger partial charge in [0, 0.05) is 30.9 Å². The first-order chi connectivity index (χ1) is 18.4. The summed E-state index contributed by atoms with van der Waals surface area (Å²) >= 11 is 0. The number of hydrogen-bond donors (Lipinski definition) is 1. The minimum atomic E-state index is -0.807. The van der Waals surface area contributed by atoms with Crippen molar-refractivity contribution in [1.29, 1.82) is 0 Å². The molecule has 1 aromatic heterocycles. The maximum Gasteiger partial charge on any atom is 0.246 e. The van der Waals surface area contributed by atoms with E-state index < -0.39 is 11.6 Å². The molecule has 218 valence electrons. The lowest BCUT2D eigenvalue weighted by Gasteiger charge is -2.51. The largest absolute Gasteiger partial charge is 0.342 e. The van der Waals surface area contributed by atoms with Gasteiger partial charge in [0.2, 0.25) is 11.8 Å². The van der Waals surface area contributed by atoms with Gasteiger partial charge in [-0.25, -0.2) is 4.68 Å². The fraction of sp³-hybridized carbons (Fsp3) is 0.581. The number of hydrogen-bond acceptors (Lipinski definition) is 4. The number of likely N-dealkylation sites (tertiary alicyclic amines) is 1. The van der Waals surface area contributed by atoms with Gasteiger partial charge in [0.15, 0.2) is 0 Å². The summed E-state index contributed by atoms with van der Waals surface area (Å²) in [5.41, 5.74) is 3.66. The van der Waals surface area contributed by atoms with Gasteiger partial charge in [-0.15, -0.1) is 30.7 Å². The normalized spacial score (nSPS) is 21.2. The van der Waals surface area contributed by atoms with Gasteiger partial charge in [-0.1, -0.05) is 56.2 Å². The van der Waals surface area contributed by atoms with E-state index >= 15 is 0 Å². The third-order valence-electron chi connectivity index (χ3n) is 9.02. The van der Waals surface area contributed by atoms with Gasteiger partial charge >= 0.3 is 0 Å². The van der Waals surface area contributed by atoms with E-state index in [4.69, 9.17) is 5.10 Å². The van der Waals surface area contributed by atoms with Crippen LogP contribution in [0.1, 0.15) is 75.2 Å². The third kappa shape index (κ3) is 6.35. The van der Waals surface area contributed by atoms with Crippen LogP contribution in [0, 0.1) is 31.6 Å². The molecule has 2 amide bonds. The number of halogens is 2. The van der Waals surface area contributed by atoms with Gasteiger partial charge < -0.3 is 10.2 Å². The fourth-order valence-electron chi connectivity index (χ4n) is 6.71. The molecule has 1 saturated carbocycles. The number of amides is 2. The minimum Gasteiger partial charge on any atom is -0.342 e. The molecule has 7 nitrogen and oxygen atoms in total. The highest BCUT2D eigenvalue weighted by molar-refractivity contribution is 6.00. The Balaban J connectivity index is 0.00000220. The molecule has 0 radical (unpaired) electrons. The number of aromatic nitrogens is 2. The van der Waals surface area contributed by atoms with E-state index in [2.05, 4.69) is 48.0 Å². The van der Waals surface area contributed by atoms with Crippen molar-refractivity contribution in [1.82, 2.24) is 24.9 Å². The second kappa shape index (κ2) is 13.9. The lowest BCUT2D eigenvalue weighted by Crippen LogP contribution is -2.73. The van der Waals surface area contributed by atoms with E-state index in [9.17, 15) is 9.59 Å². The van der Waals surface area contributed by atoms with Crippen molar-refractivity contribution < 1.29 is 9.59 Å². The molecule has 1 atom stereocenters. The molecule has 1 spiro atoms. The molecule has 1 aliphatic carbocycles. The quantitative estimate of drug-likeness (QED) is 0.483. The number of piperazine rings is 1. The van der Waals surface area contributed by atoms with Crippen LogP contribution in [-0.4, -0.2) is 62.6 Å². The molecule has 40 heavy (non-hydrogen) atoms. The summed E-state index contributed by atoms with van der Waals surface area (Å²) in [5.74, 6) is 6.64. The first-order valence-corrected chi connectivity index (χ1v) is 14.3. The summed E-state index contributed by atoms with van der Waals surface area (Å²) in [4.78, 5) is 31.7. The van der Waals surface area contributed by atoms with Crippen LogP contribution in [0.4, 0.5) is 0 Å². The zero-order valence-electron chi connectivity index (χ0n) is 23.9. The van der Waals surface area contributed by atoms with Crippen molar-refractivity contribution in [2.75, 3.05) is 19.6 Å². The average molecular weight is 589 g/mol. The summed E-state index contributed by atoms with van der Waals surface area (Å²) in [6, 6.07) is 9.80. The Morgan fingerprint density at radius 3 is 2.35 bits per heavy atom. The molecule has 3 fully saturated rings. The van der Waals surface area contributed by atoms with Crippen LogP contribution in [0.3, 0.4) is 0 Å². The van der Waals surface area contributed by atoms with Crippen LogP contribution >= 0.6 is 24.8 Å². The molecule has 3 heterocycles. The lowest BCUT2D eigenvalue weighted by atomic mass is 9.79. The van der Waals surface area contributed by atoms with Crippen molar-refractivity contribution >= 4 is 36.6 Å². The molecular formula is C31H43Cl2N5O2. The predicted octanol–water partition coefficient (Wildman–Crippen LogP) is 4.99. The van der Waals surface area contributed by atoms with Gasteiger partial charge in [0.25, 0.3) is 0 Å². The van der Waals surface area contributed by atoms with E-state index in [0.717, 1.165) is 56.0 Å². The van der Waals surface area contributed by atoms with E-state index in [0.29, 0.717) is 25.3 Å². The van der Waals surface area contributed by atoms with Crippen LogP contribution in [0.2, 0.25) is 0 Å². The van der Waals surface area contributed by atoms with Gasteiger partial charge in [0.05, 0.1) is 17.9 Å². The Labute approximate surface area is 251 Å². The standard InChI is InChI=1S/C31H41N5O2.2ClH/c1-4-5-18-35-29(37)28(21-25-12-8-6-9-13-25)32-30(38)31(35)16-19-34(20-17-31)22-27-23(2)33-36(24(27)3)26-14-10-7-11-15-26;;/h7,10-11,14-15,25,28H,6,8-9,12-13,16-22H2,1-3H3,(H,32,38);2*1H/t28-;;/m0../s1. The smallest absolute Gasteiger partial charge is 0.246 e. The first-order valence-electron chi connectivity index (χ1n) is 14.3. The van der Waals surface area contributed by atoms with Crippen molar-refractivity contribution in [3.63, 3.8) is 0 Å². The number of para-hydroxylation sites is 1. The zero-order chi connectivity index (χ0) is 26.7. The van der Waals surface area contributed by atoms with Crippen LogP contribution in [0.15, 0.2) is 30.3 Å². The number of nitrogens with one attached hydrogen (secondary N) is 1. The Morgan fingerprint density at radius 1 is 1.02 bits per heavy atom. The molecule has 0 unspecified atom stereocenters. The van der Waals surface area contributed by atoms with Gasteiger partial charge in [-0.3, -0.25) is 14.5 Å². The topological polar surface area (TPSA) is 70.5 Å². The second-order valence-electron chi connectivity index (χ2n) is 11.3. The summed E-state index contributed by atoms with van der Waals surface area (Å²) in [6.45, 7) is 8.60. The molecule has 2 saturated heterocycles. The maximum absolute atomic E-state index is 13.7. The number of piperidine rings is 1. The monoisotopic (exact) mass is 587 g/mol. The number of benzene rings is 1. The number of carbonyl (C=O) groups excluding carboxylic acids is 2. The fourth-order valence-corrected chi connectivity index (χ4v) is 6.71. The highest BCUT2D eigenvalue weighted by atomic mass is 35.5. The van der Waals surface area contributed by atoms with Crippen LogP contribution < -0.4 is 5.32 Å². The van der Waals surface area contributed by atoms with E-state index in [1.54, 1.807) is 6.92 Å². The Kier molecular flexibility index (Phi) is 11.1. The SMILES string of the molecule is CC#CCN1C(=O)[C@H](CC2CCCCC2)NC(=O)C12CCN(Cc1c(C)nn(-c3ccccc3)c1C)CC2.Cl.Cl. The highest BCUT2D eigenvalue weighted by Gasteiger charge is 2.53. The van der Waals surface area contributed by atoms with E-state index in [-0.39, 0.29) is 36.6 Å². The summed E-state index contributed by atoms with van der Waals surface area (Å²) < 4.78 is 2.01. The van der Waals surface area contributed by atoms with Gasteiger partial charge in [-0.05, 0) is 58.1 Å². The number of nitrogens with zero attached hydrogens (tertiary/aromatic N) is 4. The summed E-state index contributed by atoms with van der Waals surface area (Å²) in [6.07, 6.45) is 8.07. The zero-order valence-corrected chi connectivity index (χ0v) is 25.6. The Hall–Kier alpha value is -2.53. The molecule has 0 bridgehead atoms. The first kappa shape index (κ1) is 32.0.